The predicted octanol–water partition coefficient (Wildman–Crippen LogP) is -0.574. The lowest BCUT2D eigenvalue weighted by atomic mass is 9.75. The van der Waals surface area contributed by atoms with E-state index in [9.17, 15) is 25.2 Å². The highest BCUT2D eigenvalue weighted by Crippen LogP contribution is 2.35. The van der Waals surface area contributed by atoms with E-state index in [2.05, 4.69) is 6.92 Å². The molecule has 0 aromatic heterocycles. The van der Waals surface area contributed by atoms with Gasteiger partial charge in [0.2, 0.25) is 0 Å². The zero-order chi connectivity index (χ0) is 17.7. The van der Waals surface area contributed by atoms with Crippen LogP contribution in [0.25, 0.3) is 0 Å². The Balaban J connectivity index is 2.68. The third kappa shape index (κ3) is 5.39. The Labute approximate surface area is 136 Å². The van der Waals surface area contributed by atoms with E-state index in [0.29, 0.717) is 18.3 Å². The molecule has 7 heteroatoms. The fourth-order valence-corrected chi connectivity index (χ4v) is 3.13. The minimum absolute atomic E-state index is 0.187. The topological polar surface area (TPSA) is 127 Å². The molecule has 23 heavy (non-hydrogen) atoms. The van der Waals surface area contributed by atoms with E-state index in [-0.39, 0.29) is 12.0 Å². The maximum Gasteiger partial charge on any atom is 0.338 e. The molecule has 1 saturated carbocycles. The smallest absolute Gasteiger partial charge is 0.338 e. The van der Waals surface area contributed by atoms with Crippen LogP contribution in [0.15, 0.2) is 0 Å². The van der Waals surface area contributed by atoms with E-state index in [0.717, 1.165) is 12.8 Å². The highest BCUT2D eigenvalue weighted by molar-refractivity contribution is 5.75. The molecule has 0 aromatic carbocycles. The van der Waals surface area contributed by atoms with Crippen LogP contribution >= 0.6 is 0 Å². The van der Waals surface area contributed by atoms with Crippen molar-refractivity contribution in [2.75, 3.05) is 6.61 Å². The van der Waals surface area contributed by atoms with Crippen molar-refractivity contribution in [1.82, 2.24) is 0 Å². The molecular weight excluding hydrogens is 304 g/mol. The number of rotatable bonds is 7. The molecule has 0 bridgehead atoms. The Morgan fingerprint density at radius 2 is 1.74 bits per heavy atom. The number of aliphatic hydroxyl groups excluding tert-OH is 5. The highest BCUT2D eigenvalue weighted by Gasteiger charge is 2.39. The predicted molar refractivity (Wildman–Crippen MR) is 82.3 cm³/mol. The summed E-state index contributed by atoms with van der Waals surface area (Å²) in [4.78, 5) is 12.1. The largest absolute Gasteiger partial charge is 0.460 e. The maximum atomic E-state index is 12.1. The Bertz CT molecular complexity index is 373. The van der Waals surface area contributed by atoms with Gasteiger partial charge in [-0.15, -0.1) is 0 Å². The lowest BCUT2D eigenvalue weighted by Crippen LogP contribution is -2.50. The lowest BCUT2D eigenvalue weighted by molar-refractivity contribution is -0.180. The first-order chi connectivity index (χ1) is 10.7. The Kier molecular flexibility index (Phi) is 7.89. The van der Waals surface area contributed by atoms with Gasteiger partial charge < -0.3 is 30.3 Å². The fraction of sp³-hybridized carbons (Fsp3) is 0.938. The molecule has 0 radical (unpaired) electrons. The molecule has 1 fully saturated rings. The van der Waals surface area contributed by atoms with Crippen molar-refractivity contribution in [3.63, 3.8) is 0 Å². The van der Waals surface area contributed by atoms with Gasteiger partial charge in [0.05, 0.1) is 6.61 Å². The number of ether oxygens (including phenoxy) is 1. The molecule has 5 N–H and O–H groups in total. The number of esters is 1. The summed E-state index contributed by atoms with van der Waals surface area (Å²) >= 11 is 0. The molecule has 1 rings (SSSR count). The Hall–Kier alpha value is -0.730. The van der Waals surface area contributed by atoms with Crippen LogP contribution in [0.4, 0.5) is 0 Å². The first-order valence-corrected chi connectivity index (χ1v) is 8.22. The monoisotopic (exact) mass is 334 g/mol. The second-order valence-corrected chi connectivity index (χ2v) is 6.98. The number of carbonyl (C=O) groups is 1. The molecule has 0 amide bonds. The molecule has 7 nitrogen and oxygen atoms in total. The zero-order valence-corrected chi connectivity index (χ0v) is 14.0. The SMILES string of the molecule is CC1CCC(C(C)C)C(OC(=O)C(O)C(O)C(O)C(O)CO)C1. The lowest BCUT2D eigenvalue weighted by Gasteiger charge is -2.37. The van der Waals surface area contributed by atoms with Crippen LogP contribution in [0.5, 0.6) is 0 Å². The van der Waals surface area contributed by atoms with E-state index < -0.39 is 37.0 Å². The number of hydrogen-bond donors (Lipinski definition) is 5. The molecule has 7 unspecified atom stereocenters. The molecule has 0 saturated heterocycles. The maximum absolute atomic E-state index is 12.1. The van der Waals surface area contributed by atoms with Crippen molar-refractivity contribution in [2.45, 2.75) is 70.6 Å². The van der Waals surface area contributed by atoms with E-state index in [1.165, 1.54) is 0 Å². The highest BCUT2D eigenvalue weighted by atomic mass is 16.6. The first-order valence-electron chi connectivity index (χ1n) is 8.22. The van der Waals surface area contributed by atoms with E-state index >= 15 is 0 Å². The molecule has 0 aromatic rings. The summed E-state index contributed by atoms with van der Waals surface area (Å²) in [5.74, 6) is -0.102. The quantitative estimate of drug-likeness (QED) is 0.394. The van der Waals surface area contributed by atoms with Gasteiger partial charge in [0.1, 0.15) is 24.4 Å². The van der Waals surface area contributed by atoms with Gasteiger partial charge in [-0.05, 0) is 30.6 Å². The van der Waals surface area contributed by atoms with Crippen LogP contribution in [0, 0.1) is 17.8 Å². The fourth-order valence-electron chi connectivity index (χ4n) is 3.13. The standard InChI is InChI=1S/C16H30O7/c1-8(2)10-5-4-9(3)6-12(10)23-16(22)15(21)14(20)13(19)11(18)7-17/h8-15,17-21H,4-7H2,1-3H3. The number of carbonyl (C=O) groups excluding carboxylic acids is 1. The minimum atomic E-state index is -1.98. The van der Waals surface area contributed by atoms with Gasteiger partial charge >= 0.3 is 5.97 Å². The summed E-state index contributed by atoms with van der Waals surface area (Å²) in [6.45, 7) is 5.38. The van der Waals surface area contributed by atoms with Crippen LogP contribution < -0.4 is 0 Å². The van der Waals surface area contributed by atoms with Gasteiger partial charge in [0, 0.05) is 0 Å². The Morgan fingerprint density at radius 3 is 2.26 bits per heavy atom. The molecule has 7 atom stereocenters. The Morgan fingerprint density at radius 1 is 1.13 bits per heavy atom. The van der Waals surface area contributed by atoms with Gasteiger partial charge in [-0.3, -0.25) is 0 Å². The molecule has 0 aliphatic heterocycles. The van der Waals surface area contributed by atoms with E-state index in [1.807, 2.05) is 13.8 Å². The van der Waals surface area contributed by atoms with Gasteiger partial charge in [0.25, 0.3) is 0 Å². The van der Waals surface area contributed by atoms with Crippen LogP contribution in [0.3, 0.4) is 0 Å². The molecule has 1 aliphatic rings. The molecule has 0 spiro atoms. The second kappa shape index (κ2) is 8.94. The molecular formula is C16H30O7. The van der Waals surface area contributed by atoms with E-state index in [1.54, 1.807) is 0 Å². The summed E-state index contributed by atoms with van der Waals surface area (Å²) in [6, 6.07) is 0. The van der Waals surface area contributed by atoms with Crippen molar-refractivity contribution in [2.24, 2.45) is 17.8 Å². The summed E-state index contributed by atoms with van der Waals surface area (Å²) in [5.41, 5.74) is 0. The average molecular weight is 334 g/mol. The van der Waals surface area contributed by atoms with Crippen LogP contribution in [0.2, 0.25) is 0 Å². The molecule has 1 aliphatic carbocycles. The van der Waals surface area contributed by atoms with Crippen molar-refractivity contribution >= 4 is 5.97 Å². The third-order valence-electron chi connectivity index (χ3n) is 4.73. The van der Waals surface area contributed by atoms with Crippen LogP contribution in [0.1, 0.15) is 40.0 Å². The van der Waals surface area contributed by atoms with Crippen LogP contribution in [-0.4, -0.2) is 68.6 Å². The van der Waals surface area contributed by atoms with Gasteiger partial charge in [0.15, 0.2) is 6.10 Å². The minimum Gasteiger partial charge on any atom is -0.460 e. The zero-order valence-electron chi connectivity index (χ0n) is 14.0. The van der Waals surface area contributed by atoms with Gasteiger partial charge in [-0.2, -0.15) is 0 Å². The number of aliphatic hydroxyl groups is 5. The van der Waals surface area contributed by atoms with Crippen molar-refractivity contribution < 1.29 is 35.1 Å². The second-order valence-electron chi connectivity index (χ2n) is 6.98. The van der Waals surface area contributed by atoms with E-state index in [4.69, 9.17) is 9.84 Å². The average Bonchev–Trinajstić information content (AvgIpc) is 2.51. The van der Waals surface area contributed by atoms with Crippen molar-refractivity contribution in [3.05, 3.63) is 0 Å². The number of hydrogen-bond acceptors (Lipinski definition) is 7. The summed E-state index contributed by atoms with van der Waals surface area (Å²) in [6.07, 6.45) is -5.05. The van der Waals surface area contributed by atoms with Gasteiger partial charge in [-0.1, -0.05) is 27.2 Å². The molecule has 0 heterocycles. The van der Waals surface area contributed by atoms with Crippen LogP contribution in [-0.2, 0) is 9.53 Å². The first kappa shape index (κ1) is 20.3. The third-order valence-corrected chi connectivity index (χ3v) is 4.73. The van der Waals surface area contributed by atoms with Crippen molar-refractivity contribution in [1.29, 1.82) is 0 Å². The van der Waals surface area contributed by atoms with Crippen molar-refractivity contribution in [3.8, 4) is 0 Å². The normalized spacial score (nSPS) is 30.6. The summed E-state index contributed by atoms with van der Waals surface area (Å²) in [5, 5.41) is 47.2. The van der Waals surface area contributed by atoms with Gasteiger partial charge in [-0.25, -0.2) is 4.79 Å². The molecule has 136 valence electrons. The summed E-state index contributed by atoms with van der Waals surface area (Å²) < 4.78 is 5.38. The summed E-state index contributed by atoms with van der Waals surface area (Å²) in [7, 11) is 0.